The Morgan fingerprint density at radius 1 is 0.424 bits per heavy atom. The third-order valence-corrected chi connectivity index (χ3v) is 7.25. The molecule has 0 amide bonds. The van der Waals surface area contributed by atoms with Gasteiger partial charge in [0.25, 0.3) is 0 Å². The maximum absolute atomic E-state index is 2.41. The Balaban J connectivity index is 1.88. The topological polar surface area (TPSA) is 0 Å². The lowest BCUT2D eigenvalue weighted by Crippen LogP contribution is -2.02. The van der Waals surface area contributed by atoms with Gasteiger partial charge in [0.15, 0.2) is 0 Å². The molecule has 0 aliphatic carbocycles. The molecule has 0 fully saturated rings. The Morgan fingerprint density at radius 3 is 1.18 bits per heavy atom. The van der Waals surface area contributed by atoms with Crippen molar-refractivity contribution in [1.82, 2.24) is 0 Å². The summed E-state index contributed by atoms with van der Waals surface area (Å²) in [6, 6.07) is 19.2. The predicted octanol–water partition coefficient (Wildman–Crippen LogP) is 10.8. The van der Waals surface area contributed by atoms with Crippen molar-refractivity contribution in [2.45, 2.75) is 136 Å². The molecule has 33 heavy (non-hydrogen) atoms. The summed E-state index contributed by atoms with van der Waals surface area (Å²) in [6.45, 7) is 6.89. The van der Waals surface area contributed by atoms with E-state index in [2.05, 4.69) is 69.3 Å². The van der Waals surface area contributed by atoms with Crippen LogP contribution in [0.4, 0.5) is 0 Å². The standard InChI is InChI=1S/C33H52/c1-4-7-10-12-14-16-18-29-21-25-31(26-22-29)33(20-9-6-3)32-27-23-30(24-28-32)19-17-15-13-11-8-5-2/h21-28,33H,4-20H2,1-3H3. The second kappa shape index (κ2) is 17.9. The summed E-state index contributed by atoms with van der Waals surface area (Å²) in [5.74, 6) is 0.538. The number of hydrogen-bond donors (Lipinski definition) is 0. The van der Waals surface area contributed by atoms with E-state index >= 15 is 0 Å². The molecule has 0 spiro atoms. The second-order valence-corrected chi connectivity index (χ2v) is 10.2. The smallest absolute Gasteiger partial charge is 0.00893 e. The van der Waals surface area contributed by atoms with E-state index in [1.807, 2.05) is 0 Å². The Labute approximate surface area is 206 Å². The summed E-state index contributed by atoms with van der Waals surface area (Å²) in [7, 11) is 0. The molecule has 0 aromatic heterocycles. The van der Waals surface area contributed by atoms with Crippen LogP contribution in [-0.2, 0) is 12.8 Å². The van der Waals surface area contributed by atoms with Crippen LogP contribution < -0.4 is 0 Å². The zero-order valence-electron chi connectivity index (χ0n) is 22.2. The van der Waals surface area contributed by atoms with Crippen molar-refractivity contribution in [2.24, 2.45) is 0 Å². The minimum absolute atomic E-state index is 0.538. The number of hydrogen-bond acceptors (Lipinski definition) is 0. The van der Waals surface area contributed by atoms with Gasteiger partial charge in [0.2, 0.25) is 0 Å². The maximum atomic E-state index is 2.41. The zero-order chi connectivity index (χ0) is 23.6. The van der Waals surface area contributed by atoms with Crippen molar-refractivity contribution in [3.63, 3.8) is 0 Å². The van der Waals surface area contributed by atoms with Crippen LogP contribution in [-0.4, -0.2) is 0 Å². The van der Waals surface area contributed by atoms with Gasteiger partial charge in [-0.15, -0.1) is 0 Å². The summed E-state index contributed by atoms with van der Waals surface area (Å²) in [6.07, 6.45) is 22.8. The molecule has 0 unspecified atom stereocenters. The highest BCUT2D eigenvalue weighted by atomic mass is 14.2. The van der Waals surface area contributed by atoms with Crippen LogP contribution in [0.1, 0.15) is 145 Å². The molecule has 0 saturated carbocycles. The molecule has 2 aromatic rings. The molecule has 0 aliphatic heterocycles. The maximum Gasteiger partial charge on any atom is 0.00893 e. The van der Waals surface area contributed by atoms with E-state index in [0.29, 0.717) is 5.92 Å². The molecule has 0 nitrogen and oxygen atoms in total. The van der Waals surface area contributed by atoms with Gasteiger partial charge in [-0.25, -0.2) is 0 Å². The van der Waals surface area contributed by atoms with Crippen LogP contribution in [0.25, 0.3) is 0 Å². The summed E-state index contributed by atoms with van der Waals surface area (Å²) < 4.78 is 0. The van der Waals surface area contributed by atoms with Gasteiger partial charge >= 0.3 is 0 Å². The molecule has 2 aromatic carbocycles. The van der Waals surface area contributed by atoms with E-state index in [-0.39, 0.29) is 0 Å². The summed E-state index contributed by atoms with van der Waals surface area (Å²) in [4.78, 5) is 0. The highest BCUT2D eigenvalue weighted by Gasteiger charge is 2.14. The average molecular weight is 449 g/mol. The Bertz CT molecular complexity index is 634. The molecule has 0 atom stereocenters. The van der Waals surface area contributed by atoms with Gasteiger partial charge < -0.3 is 0 Å². The predicted molar refractivity (Wildman–Crippen MR) is 148 cm³/mol. The Hall–Kier alpha value is -1.56. The van der Waals surface area contributed by atoms with Gasteiger partial charge in [0, 0.05) is 5.92 Å². The summed E-state index contributed by atoms with van der Waals surface area (Å²) in [5.41, 5.74) is 6.02. The molecule has 0 radical (unpaired) electrons. The van der Waals surface area contributed by atoms with Crippen LogP contribution in [0.3, 0.4) is 0 Å². The first kappa shape index (κ1) is 27.7. The monoisotopic (exact) mass is 448 g/mol. The normalized spacial score (nSPS) is 11.4. The van der Waals surface area contributed by atoms with Gasteiger partial charge in [-0.3, -0.25) is 0 Å². The van der Waals surface area contributed by atoms with Crippen molar-refractivity contribution in [3.8, 4) is 0 Å². The van der Waals surface area contributed by atoms with E-state index in [4.69, 9.17) is 0 Å². The van der Waals surface area contributed by atoms with E-state index < -0.39 is 0 Å². The first-order valence-corrected chi connectivity index (χ1v) is 14.5. The largest absolute Gasteiger partial charge is 0.0654 e. The second-order valence-electron chi connectivity index (χ2n) is 10.2. The van der Waals surface area contributed by atoms with Crippen LogP contribution in [0.2, 0.25) is 0 Å². The van der Waals surface area contributed by atoms with Crippen LogP contribution >= 0.6 is 0 Å². The highest BCUT2D eigenvalue weighted by molar-refractivity contribution is 5.35. The molecule has 0 saturated heterocycles. The minimum Gasteiger partial charge on any atom is -0.0654 e. The summed E-state index contributed by atoms with van der Waals surface area (Å²) >= 11 is 0. The molecule has 0 heterocycles. The summed E-state index contributed by atoms with van der Waals surface area (Å²) in [5, 5.41) is 0. The molecule has 0 bridgehead atoms. The number of rotatable bonds is 19. The third kappa shape index (κ3) is 11.4. The van der Waals surface area contributed by atoms with Crippen LogP contribution in [0, 0.1) is 0 Å². The molecule has 0 N–H and O–H groups in total. The molecular weight excluding hydrogens is 396 g/mol. The molecule has 0 aliphatic rings. The lowest BCUT2D eigenvalue weighted by molar-refractivity contribution is 0.607. The average Bonchev–Trinajstić information content (AvgIpc) is 2.85. The van der Waals surface area contributed by atoms with Crippen LogP contribution in [0.5, 0.6) is 0 Å². The molecular formula is C33H52. The number of benzene rings is 2. The van der Waals surface area contributed by atoms with Gasteiger partial charge in [-0.1, -0.05) is 146 Å². The van der Waals surface area contributed by atoms with E-state index in [1.54, 1.807) is 0 Å². The van der Waals surface area contributed by atoms with E-state index in [9.17, 15) is 0 Å². The Kier molecular flexibility index (Phi) is 15.0. The molecule has 2 rings (SSSR count). The van der Waals surface area contributed by atoms with E-state index in [1.165, 1.54) is 131 Å². The lowest BCUT2D eigenvalue weighted by atomic mass is 9.86. The van der Waals surface area contributed by atoms with Crippen molar-refractivity contribution in [3.05, 3.63) is 70.8 Å². The van der Waals surface area contributed by atoms with Crippen LogP contribution in [0.15, 0.2) is 48.5 Å². The van der Waals surface area contributed by atoms with Gasteiger partial charge in [0.1, 0.15) is 0 Å². The molecule has 0 heteroatoms. The fraction of sp³-hybridized carbons (Fsp3) is 0.636. The SMILES string of the molecule is CCCCCCCCc1ccc(C(CCCC)c2ccc(CCCCCCCC)cc2)cc1. The van der Waals surface area contributed by atoms with Gasteiger partial charge in [-0.05, 0) is 54.4 Å². The third-order valence-electron chi connectivity index (χ3n) is 7.25. The fourth-order valence-corrected chi connectivity index (χ4v) is 4.99. The van der Waals surface area contributed by atoms with Crippen molar-refractivity contribution < 1.29 is 0 Å². The van der Waals surface area contributed by atoms with Crippen molar-refractivity contribution >= 4 is 0 Å². The molecule has 184 valence electrons. The Morgan fingerprint density at radius 2 is 0.788 bits per heavy atom. The first-order chi connectivity index (χ1) is 16.3. The highest BCUT2D eigenvalue weighted by Crippen LogP contribution is 2.31. The first-order valence-electron chi connectivity index (χ1n) is 14.5. The van der Waals surface area contributed by atoms with Crippen molar-refractivity contribution in [1.29, 1.82) is 0 Å². The van der Waals surface area contributed by atoms with Gasteiger partial charge in [0.05, 0.1) is 0 Å². The number of aryl methyl sites for hydroxylation is 2. The minimum atomic E-state index is 0.538. The fourth-order valence-electron chi connectivity index (χ4n) is 4.99. The lowest BCUT2D eigenvalue weighted by Gasteiger charge is -2.19. The van der Waals surface area contributed by atoms with Crippen molar-refractivity contribution in [2.75, 3.05) is 0 Å². The number of unbranched alkanes of at least 4 members (excludes halogenated alkanes) is 11. The van der Waals surface area contributed by atoms with Gasteiger partial charge in [-0.2, -0.15) is 0 Å². The van der Waals surface area contributed by atoms with E-state index in [0.717, 1.165) is 0 Å². The zero-order valence-corrected chi connectivity index (χ0v) is 22.2. The quantitative estimate of drug-likeness (QED) is 0.187.